The van der Waals surface area contributed by atoms with Gasteiger partial charge in [0.05, 0.1) is 23.4 Å². The average Bonchev–Trinajstić information content (AvgIpc) is 3.28. The van der Waals surface area contributed by atoms with E-state index in [1.54, 1.807) is 35.6 Å². The number of carbonyl (C=O) groups excluding carboxylic acids is 2. The molecule has 3 heterocycles. The molecule has 2 aromatic heterocycles. The van der Waals surface area contributed by atoms with Gasteiger partial charge in [-0.05, 0) is 47.2 Å². The van der Waals surface area contributed by atoms with E-state index < -0.39 is 0 Å². The summed E-state index contributed by atoms with van der Waals surface area (Å²) in [6, 6.07) is 19.2. The number of thiophene rings is 1. The summed E-state index contributed by atoms with van der Waals surface area (Å²) in [4.78, 5) is 32.5. The Morgan fingerprint density at radius 3 is 2.21 bits per heavy atom. The first-order valence-electron chi connectivity index (χ1n) is 9.02. The smallest absolute Gasteiger partial charge is 0.261 e. The molecule has 2 amide bonds. The molecule has 0 fully saturated rings. The fourth-order valence-electron chi connectivity index (χ4n) is 3.79. The summed E-state index contributed by atoms with van der Waals surface area (Å²) in [5.41, 5.74) is 4.89. The van der Waals surface area contributed by atoms with Crippen LogP contribution >= 0.6 is 11.3 Å². The van der Waals surface area contributed by atoms with Gasteiger partial charge in [-0.25, -0.2) is 4.98 Å². The second-order valence-electron chi connectivity index (χ2n) is 6.81. The summed E-state index contributed by atoms with van der Waals surface area (Å²) in [6.07, 6.45) is 0. The minimum atomic E-state index is -0.255. The van der Waals surface area contributed by atoms with Crippen molar-refractivity contribution < 1.29 is 9.59 Å². The van der Waals surface area contributed by atoms with Crippen LogP contribution in [0.4, 0.5) is 0 Å². The van der Waals surface area contributed by atoms with Crippen LogP contribution in [0.2, 0.25) is 0 Å². The van der Waals surface area contributed by atoms with Crippen LogP contribution in [0.25, 0.3) is 21.3 Å². The van der Waals surface area contributed by atoms with Crippen molar-refractivity contribution in [1.82, 2.24) is 9.88 Å². The van der Waals surface area contributed by atoms with Crippen molar-refractivity contribution >= 4 is 33.4 Å². The third kappa shape index (κ3) is 2.47. The Labute approximate surface area is 166 Å². The number of benzene rings is 2. The van der Waals surface area contributed by atoms with Gasteiger partial charge in [-0.3, -0.25) is 14.5 Å². The van der Waals surface area contributed by atoms with Gasteiger partial charge >= 0.3 is 0 Å². The molecule has 2 aromatic carbocycles. The quantitative estimate of drug-likeness (QED) is 0.464. The summed E-state index contributed by atoms with van der Waals surface area (Å²) < 4.78 is 0. The molecule has 0 bridgehead atoms. The topological polar surface area (TPSA) is 50.3 Å². The first-order valence-corrected chi connectivity index (χ1v) is 9.90. The minimum absolute atomic E-state index is 0.172. The van der Waals surface area contributed by atoms with Crippen LogP contribution in [-0.4, -0.2) is 21.7 Å². The lowest BCUT2D eigenvalue weighted by molar-refractivity contribution is 0.0640. The molecule has 28 heavy (non-hydrogen) atoms. The fourth-order valence-corrected chi connectivity index (χ4v) is 4.59. The number of imide groups is 1. The van der Waals surface area contributed by atoms with Gasteiger partial charge in [0.15, 0.2) is 0 Å². The number of fused-ring (bicyclic) bond motifs is 2. The Balaban J connectivity index is 1.62. The zero-order valence-electron chi connectivity index (χ0n) is 15.2. The second kappa shape index (κ2) is 6.39. The van der Waals surface area contributed by atoms with E-state index in [2.05, 4.69) is 18.2 Å². The number of rotatable bonds is 3. The van der Waals surface area contributed by atoms with E-state index in [9.17, 15) is 9.59 Å². The molecule has 136 valence electrons. The van der Waals surface area contributed by atoms with Gasteiger partial charge in [-0.1, -0.05) is 42.5 Å². The summed E-state index contributed by atoms with van der Waals surface area (Å²) in [6.45, 7) is 2.19. The molecule has 0 unspecified atom stereocenters. The van der Waals surface area contributed by atoms with Crippen molar-refractivity contribution in [3.8, 4) is 11.1 Å². The van der Waals surface area contributed by atoms with Gasteiger partial charge in [0.2, 0.25) is 0 Å². The van der Waals surface area contributed by atoms with Crippen molar-refractivity contribution in [1.29, 1.82) is 0 Å². The molecular formula is C23H16N2O2S. The van der Waals surface area contributed by atoms with Crippen molar-refractivity contribution in [2.24, 2.45) is 0 Å². The van der Waals surface area contributed by atoms with Crippen LogP contribution in [0.1, 0.15) is 32.0 Å². The monoisotopic (exact) mass is 384 g/mol. The van der Waals surface area contributed by atoms with Crippen molar-refractivity contribution in [3.63, 3.8) is 0 Å². The molecule has 4 nitrogen and oxygen atoms in total. The van der Waals surface area contributed by atoms with Crippen LogP contribution < -0.4 is 0 Å². The van der Waals surface area contributed by atoms with Gasteiger partial charge < -0.3 is 0 Å². The predicted octanol–water partition coefficient (Wildman–Crippen LogP) is 5.07. The highest BCUT2D eigenvalue weighted by Gasteiger charge is 2.35. The summed E-state index contributed by atoms with van der Waals surface area (Å²) in [5.74, 6) is -0.510. The van der Waals surface area contributed by atoms with Crippen LogP contribution in [0.5, 0.6) is 0 Å². The number of pyridine rings is 1. The van der Waals surface area contributed by atoms with Crippen molar-refractivity contribution in [2.45, 2.75) is 13.5 Å². The number of amides is 2. The van der Waals surface area contributed by atoms with E-state index in [1.165, 1.54) is 4.90 Å². The number of hydrogen-bond donors (Lipinski definition) is 0. The lowest BCUT2D eigenvalue weighted by Crippen LogP contribution is -2.30. The number of hydrogen-bond acceptors (Lipinski definition) is 4. The molecule has 4 aromatic rings. The second-order valence-corrected chi connectivity index (χ2v) is 7.70. The third-order valence-electron chi connectivity index (χ3n) is 5.21. The molecule has 0 saturated carbocycles. The van der Waals surface area contributed by atoms with E-state index in [-0.39, 0.29) is 18.4 Å². The van der Waals surface area contributed by atoms with E-state index >= 15 is 0 Å². The van der Waals surface area contributed by atoms with Gasteiger partial charge in [-0.15, -0.1) is 11.3 Å². The molecule has 0 N–H and O–H groups in total. The SMILES string of the molecule is Cc1c(CN2C(=O)c3ccccc3C2=O)nc2sccc2c1-c1ccccc1. The molecule has 0 radical (unpaired) electrons. The Hall–Kier alpha value is -3.31. The highest BCUT2D eigenvalue weighted by atomic mass is 32.1. The zero-order valence-corrected chi connectivity index (χ0v) is 16.0. The number of carbonyl (C=O) groups is 2. The Kier molecular flexibility index (Phi) is 3.84. The summed E-state index contributed by atoms with van der Waals surface area (Å²) in [5, 5.41) is 3.12. The van der Waals surface area contributed by atoms with Crippen LogP contribution in [0.3, 0.4) is 0 Å². The number of nitrogens with zero attached hydrogens (tertiary/aromatic N) is 2. The number of aromatic nitrogens is 1. The lowest BCUT2D eigenvalue weighted by Gasteiger charge is -2.17. The van der Waals surface area contributed by atoms with Gasteiger partial charge in [0.25, 0.3) is 11.8 Å². The Morgan fingerprint density at radius 1 is 0.893 bits per heavy atom. The van der Waals surface area contributed by atoms with E-state index in [4.69, 9.17) is 4.98 Å². The van der Waals surface area contributed by atoms with E-state index in [1.807, 2.05) is 30.5 Å². The van der Waals surface area contributed by atoms with Crippen molar-refractivity contribution in [3.05, 3.63) is 88.4 Å². The molecule has 5 rings (SSSR count). The highest BCUT2D eigenvalue weighted by molar-refractivity contribution is 7.16. The third-order valence-corrected chi connectivity index (χ3v) is 6.01. The van der Waals surface area contributed by atoms with Gasteiger partial charge in [0.1, 0.15) is 4.83 Å². The molecule has 1 aliphatic heterocycles. The van der Waals surface area contributed by atoms with Crippen molar-refractivity contribution in [2.75, 3.05) is 0 Å². The molecular weight excluding hydrogens is 368 g/mol. The van der Waals surface area contributed by atoms with E-state index in [0.717, 1.165) is 32.6 Å². The standard InChI is InChI=1S/C23H16N2O2S/c1-14-19(13-25-22(26)16-9-5-6-10-17(16)23(25)27)24-21-18(11-12-28-21)20(14)15-7-3-2-4-8-15/h2-12H,13H2,1H3. The van der Waals surface area contributed by atoms with Crippen LogP contribution in [0, 0.1) is 6.92 Å². The normalized spacial score (nSPS) is 13.4. The largest absolute Gasteiger partial charge is 0.269 e. The lowest BCUT2D eigenvalue weighted by atomic mass is 9.97. The average molecular weight is 384 g/mol. The maximum absolute atomic E-state index is 12.8. The molecule has 1 aliphatic rings. The summed E-state index contributed by atoms with van der Waals surface area (Å²) >= 11 is 1.57. The maximum atomic E-state index is 12.8. The molecule has 0 saturated heterocycles. The summed E-state index contributed by atoms with van der Waals surface area (Å²) in [7, 11) is 0. The van der Waals surface area contributed by atoms with E-state index in [0.29, 0.717) is 11.1 Å². The van der Waals surface area contributed by atoms with Gasteiger partial charge in [0, 0.05) is 5.39 Å². The molecule has 5 heteroatoms. The fraction of sp³-hybridized carbons (Fsp3) is 0.0870. The predicted molar refractivity (Wildman–Crippen MR) is 110 cm³/mol. The highest BCUT2D eigenvalue weighted by Crippen LogP contribution is 2.36. The van der Waals surface area contributed by atoms with Crippen LogP contribution in [-0.2, 0) is 6.54 Å². The molecule has 0 atom stereocenters. The first kappa shape index (κ1) is 16.8. The zero-order chi connectivity index (χ0) is 19.3. The first-order chi connectivity index (χ1) is 13.6. The van der Waals surface area contributed by atoms with Gasteiger partial charge in [-0.2, -0.15) is 0 Å². The minimum Gasteiger partial charge on any atom is -0.269 e. The molecule has 0 spiro atoms. The van der Waals surface area contributed by atoms with Crippen LogP contribution in [0.15, 0.2) is 66.0 Å². The Bertz CT molecular complexity index is 1210. The molecule has 0 aliphatic carbocycles. The maximum Gasteiger partial charge on any atom is 0.261 e. The Morgan fingerprint density at radius 2 is 1.54 bits per heavy atom.